The zero-order valence-electron chi connectivity index (χ0n) is 10.5. The van der Waals surface area contributed by atoms with E-state index >= 15 is 0 Å². The van der Waals surface area contributed by atoms with Crippen LogP contribution < -0.4 is 5.32 Å². The average Bonchev–Trinajstić information content (AvgIpc) is 2.40. The summed E-state index contributed by atoms with van der Waals surface area (Å²) >= 11 is 17.7. The Kier molecular flexibility index (Phi) is 5.23. The Morgan fingerprint density at radius 1 is 1.10 bits per heavy atom. The van der Waals surface area contributed by atoms with Gasteiger partial charge in [-0.15, -0.1) is 0 Å². The number of amides is 1. The van der Waals surface area contributed by atoms with Gasteiger partial charge in [-0.2, -0.15) is 0 Å². The molecule has 108 valence electrons. The molecule has 0 saturated heterocycles. The van der Waals surface area contributed by atoms with Gasteiger partial charge in [0.2, 0.25) is 5.91 Å². The van der Waals surface area contributed by atoms with E-state index in [9.17, 15) is 9.18 Å². The quantitative estimate of drug-likeness (QED) is 0.738. The first-order valence-corrected chi connectivity index (χ1v) is 6.98. The molecule has 0 heterocycles. The summed E-state index contributed by atoms with van der Waals surface area (Å²) in [4.78, 5) is 11.8. The van der Waals surface area contributed by atoms with Crippen molar-refractivity contribution in [3.05, 3.63) is 68.9 Å². The summed E-state index contributed by atoms with van der Waals surface area (Å²) in [7, 11) is 0. The number of nitrogens with one attached hydrogen (secondary N) is 1. The third-order valence-electron chi connectivity index (χ3n) is 2.53. The van der Waals surface area contributed by atoms with Crippen LogP contribution in [0.3, 0.4) is 0 Å². The summed E-state index contributed by atoms with van der Waals surface area (Å²) in [5, 5.41) is 3.39. The largest absolute Gasteiger partial charge is 0.320 e. The van der Waals surface area contributed by atoms with Crippen LogP contribution in [0.2, 0.25) is 15.1 Å². The molecular weight excluding hydrogens is 336 g/mol. The minimum atomic E-state index is -0.439. The van der Waals surface area contributed by atoms with Gasteiger partial charge in [-0.1, -0.05) is 46.9 Å². The zero-order chi connectivity index (χ0) is 15.4. The minimum absolute atomic E-state index is 0.236. The summed E-state index contributed by atoms with van der Waals surface area (Å²) in [5.74, 6) is -0.813. The molecule has 0 spiro atoms. The fraction of sp³-hybridized carbons (Fsp3) is 0. The Hall–Kier alpha value is -1.55. The first kappa shape index (κ1) is 15.8. The lowest BCUT2D eigenvalue weighted by Crippen LogP contribution is -2.08. The molecule has 2 aromatic rings. The van der Waals surface area contributed by atoms with Crippen LogP contribution in [-0.2, 0) is 4.79 Å². The average molecular weight is 345 g/mol. The van der Waals surface area contributed by atoms with E-state index in [4.69, 9.17) is 34.8 Å². The Balaban J connectivity index is 2.12. The second-order valence-electron chi connectivity index (χ2n) is 4.12. The topological polar surface area (TPSA) is 29.1 Å². The van der Waals surface area contributed by atoms with Gasteiger partial charge in [0, 0.05) is 11.1 Å². The lowest BCUT2D eigenvalue weighted by Gasteiger charge is -2.07. The van der Waals surface area contributed by atoms with Gasteiger partial charge in [0.05, 0.1) is 15.7 Å². The summed E-state index contributed by atoms with van der Waals surface area (Å²) in [6.07, 6.45) is 2.74. The maximum atomic E-state index is 13.0. The molecular formula is C15H9Cl3FNO. The van der Waals surface area contributed by atoms with E-state index in [-0.39, 0.29) is 21.5 Å². The monoisotopic (exact) mass is 343 g/mol. The number of benzene rings is 2. The highest BCUT2D eigenvalue weighted by Gasteiger charge is 2.09. The molecule has 1 N–H and O–H groups in total. The lowest BCUT2D eigenvalue weighted by molar-refractivity contribution is -0.111. The highest BCUT2D eigenvalue weighted by molar-refractivity contribution is 6.42. The molecule has 1 amide bonds. The van der Waals surface area contributed by atoms with Crippen LogP contribution in [0.5, 0.6) is 0 Å². The van der Waals surface area contributed by atoms with E-state index in [1.807, 2.05) is 0 Å². The van der Waals surface area contributed by atoms with Crippen molar-refractivity contribution in [1.29, 1.82) is 0 Å². The van der Waals surface area contributed by atoms with Gasteiger partial charge in [0.1, 0.15) is 5.82 Å². The Labute approximate surface area is 136 Å². The molecule has 2 nitrogen and oxygen atoms in total. The molecule has 0 atom stereocenters. The Morgan fingerprint density at radius 2 is 1.76 bits per heavy atom. The van der Waals surface area contributed by atoms with Crippen molar-refractivity contribution in [3.8, 4) is 0 Å². The molecule has 0 aliphatic rings. The van der Waals surface area contributed by atoms with E-state index < -0.39 is 5.91 Å². The van der Waals surface area contributed by atoms with Crippen LogP contribution in [0.15, 0.2) is 42.5 Å². The Bertz CT molecular complexity index is 693. The standard InChI is InChI=1S/C15H9Cl3FNO/c16-10-7-12(17)15(13(18)8-10)20-14(21)5-4-9-2-1-3-11(19)6-9/h1-8H,(H,20,21)/b5-4+. The van der Waals surface area contributed by atoms with Crippen LogP contribution in [-0.4, -0.2) is 5.91 Å². The predicted molar refractivity (Wildman–Crippen MR) is 85.5 cm³/mol. The van der Waals surface area contributed by atoms with Gasteiger partial charge >= 0.3 is 0 Å². The lowest BCUT2D eigenvalue weighted by atomic mass is 10.2. The van der Waals surface area contributed by atoms with Crippen LogP contribution in [0.1, 0.15) is 5.56 Å². The molecule has 2 rings (SSSR count). The van der Waals surface area contributed by atoms with E-state index in [1.165, 1.54) is 36.4 Å². The van der Waals surface area contributed by atoms with Crippen molar-refractivity contribution >= 4 is 52.5 Å². The second kappa shape index (κ2) is 6.94. The zero-order valence-corrected chi connectivity index (χ0v) is 12.8. The minimum Gasteiger partial charge on any atom is -0.320 e. The second-order valence-corrected chi connectivity index (χ2v) is 5.37. The fourth-order valence-electron chi connectivity index (χ4n) is 1.61. The third kappa shape index (κ3) is 4.46. The highest BCUT2D eigenvalue weighted by atomic mass is 35.5. The fourth-order valence-corrected chi connectivity index (χ4v) is 2.52. The molecule has 0 saturated carbocycles. The first-order valence-electron chi connectivity index (χ1n) is 5.85. The molecule has 0 aliphatic carbocycles. The van der Waals surface area contributed by atoms with Crippen molar-refractivity contribution in [2.75, 3.05) is 5.32 Å². The van der Waals surface area contributed by atoms with Crippen molar-refractivity contribution < 1.29 is 9.18 Å². The van der Waals surface area contributed by atoms with Crippen LogP contribution in [0.4, 0.5) is 10.1 Å². The van der Waals surface area contributed by atoms with Gasteiger partial charge in [0.25, 0.3) is 0 Å². The van der Waals surface area contributed by atoms with E-state index in [1.54, 1.807) is 12.1 Å². The number of halogens is 4. The van der Waals surface area contributed by atoms with Crippen LogP contribution in [0.25, 0.3) is 6.08 Å². The summed E-state index contributed by atoms with van der Waals surface area (Å²) in [6, 6.07) is 8.81. The third-order valence-corrected chi connectivity index (χ3v) is 3.35. The van der Waals surface area contributed by atoms with Crippen molar-refractivity contribution in [3.63, 3.8) is 0 Å². The summed E-state index contributed by atoms with van der Waals surface area (Å²) in [5.41, 5.74) is 0.843. The number of hydrogen-bond donors (Lipinski definition) is 1. The van der Waals surface area contributed by atoms with Crippen molar-refractivity contribution in [1.82, 2.24) is 0 Å². The summed E-state index contributed by atoms with van der Waals surface area (Å²) < 4.78 is 13.0. The normalized spacial score (nSPS) is 10.9. The van der Waals surface area contributed by atoms with Gasteiger partial charge < -0.3 is 5.32 Å². The van der Waals surface area contributed by atoms with Gasteiger partial charge in [0.15, 0.2) is 0 Å². The maximum Gasteiger partial charge on any atom is 0.248 e. The van der Waals surface area contributed by atoms with Gasteiger partial charge in [-0.05, 0) is 35.9 Å². The highest BCUT2D eigenvalue weighted by Crippen LogP contribution is 2.33. The summed E-state index contributed by atoms with van der Waals surface area (Å²) in [6.45, 7) is 0. The first-order chi connectivity index (χ1) is 9.95. The smallest absolute Gasteiger partial charge is 0.248 e. The number of carbonyl (C=O) groups excluding carboxylic acids is 1. The van der Waals surface area contributed by atoms with Crippen LogP contribution in [0, 0.1) is 5.82 Å². The van der Waals surface area contributed by atoms with Crippen molar-refractivity contribution in [2.24, 2.45) is 0 Å². The molecule has 0 aromatic heterocycles. The number of rotatable bonds is 3. The Morgan fingerprint density at radius 3 is 2.38 bits per heavy atom. The van der Waals surface area contributed by atoms with Gasteiger partial charge in [-0.25, -0.2) is 4.39 Å². The predicted octanol–water partition coefficient (Wildman–Crippen LogP) is 5.44. The maximum absolute atomic E-state index is 13.0. The number of hydrogen-bond acceptors (Lipinski definition) is 1. The number of carbonyl (C=O) groups is 1. The van der Waals surface area contributed by atoms with E-state index in [0.29, 0.717) is 10.6 Å². The van der Waals surface area contributed by atoms with Crippen LogP contribution >= 0.6 is 34.8 Å². The number of anilines is 1. The molecule has 21 heavy (non-hydrogen) atoms. The molecule has 0 fully saturated rings. The molecule has 2 aromatic carbocycles. The molecule has 0 aliphatic heterocycles. The SMILES string of the molecule is O=C(/C=C/c1cccc(F)c1)Nc1c(Cl)cc(Cl)cc1Cl. The molecule has 6 heteroatoms. The molecule has 0 unspecified atom stereocenters. The molecule has 0 radical (unpaired) electrons. The van der Waals surface area contributed by atoms with E-state index in [0.717, 1.165) is 0 Å². The van der Waals surface area contributed by atoms with Crippen molar-refractivity contribution in [2.45, 2.75) is 0 Å². The van der Waals surface area contributed by atoms with E-state index in [2.05, 4.69) is 5.32 Å². The molecule has 0 bridgehead atoms. The van der Waals surface area contributed by atoms with Gasteiger partial charge in [-0.3, -0.25) is 4.79 Å².